The van der Waals surface area contributed by atoms with Gasteiger partial charge in [-0.15, -0.1) is 0 Å². The fourth-order valence-corrected chi connectivity index (χ4v) is 6.08. The average molecular weight is 547 g/mol. The van der Waals surface area contributed by atoms with Gasteiger partial charge in [0.05, 0.1) is 0 Å². The van der Waals surface area contributed by atoms with Crippen LogP contribution in [0.3, 0.4) is 0 Å². The Labute approximate surface area is 197 Å². The van der Waals surface area contributed by atoms with E-state index in [0.29, 0.717) is 0 Å². The molecule has 0 spiro atoms. The monoisotopic (exact) mass is 547 g/mol. The summed E-state index contributed by atoms with van der Waals surface area (Å²) in [6.45, 7) is -0.910. The molecule has 17 nitrogen and oxygen atoms in total. The van der Waals surface area contributed by atoms with Gasteiger partial charge in [-0.3, -0.25) is 0 Å². The number of hydrogen-bond acceptors (Lipinski definition) is 15. The third-order valence-electron chi connectivity index (χ3n) is 5.37. The number of nitrogens with zero attached hydrogens (tertiary/aromatic N) is 2. The second-order valence-electron chi connectivity index (χ2n) is 8.02. The van der Waals surface area contributed by atoms with Crippen molar-refractivity contribution in [3.05, 3.63) is 34.4 Å². The van der Waals surface area contributed by atoms with Gasteiger partial charge in [-0.05, 0) is 0 Å². The fraction of sp³-hybridized carbons (Fsp3) is 0.625. The molecular formula is C16H27N3O14P2. The number of nitrogens with two attached hydrogens (primary N) is 1. The van der Waals surface area contributed by atoms with Crippen LogP contribution < -0.4 is 11.4 Å². The van der Waals surface area contributed by atoms with E-state index >= 15 is 0 Å². The minimum absolute atomic E-state index is 0.106. The van der Waals surface area contributed by atoms with Gasteiger partial charge in [0.1, 0.15) is 0 Å². The van der Waals surface area contributed by atoms with Gasteiger partial charge >= 0.3 is 191 Å². The molecule has 1 aliphatic carbocycles. The molecule has 1 aromatic rings. The van der Waals surface area contributed by atoms with Crippen molar-refractivity contribution >= 4 is 21.6 Å². The van der Waals surface area contributed by atoms with Crippen molar-refractivity contribution in [3.63, 3.8) is 0 Å². The third kappa shape index (κ3) is 6.49. The maximum absolute atomic E-state index is 12.4. The van der Waals surface area contributed by atoms with Crippen molar-refractivity contribution in [2.24, 2.45) is 0 Å². The Morgan fingerprint density at radius 1 is 1.20 bits per heavy atom. The Kier molecular flexibility index (Phi) is 8.48. The van der Waals surface area contributed by atoms with Gasteiger partial charge < -0.3 is 5.73 Å². The van der Waals surface area contributed by atoms with Gasteiger partial charge in [0.2, 0.25) is 0 Å². The zero-order valence-corrected chi connectivity index (χ0v) is 19.6. The summed E-state index contributed by atoms with van der Waals surface area (Å²) in [6, 6.07) is 1.23. The van der Waals surface area contributed by atoms with Gasteiger partial charge in [0.15, 0.2) is 0 Å². The predicted molar refractivity (Wildman–Crippen MR) is 115 cm³/mol. The zero-order chi connectivity index (χ0) is 26.3. The average Bonchev–Trinajstić information content (AvgIpc) is 3.02. The van der Waals surface area contributed by atoms with Crippen LogP contribution in [0.5, 0.6) is 0 Å². The topological polar surface area (TPSA) is 288 Å². The Hall–Kier alpha value is -1.40. The number of phosphoric acid groups is 1. The molecule has 1 fully saturated rings. The number of rotatable bonds is 8. The van der Waals surface area contributed by atoms with Crippen LogP contribution in [0.25, 0.3) is 0 Å². The third-order valence-corrected chi connectivity index (χ3v) is 7.71. The second kappa shape index (κ2) is 10.5. The van der Waals surface area contributed by atoms with Crippen molar-refractivity contribution < 1.29 is 63.5 Å². The first-order valence-electron chi connectivity index (χ1n) is 10.0. The van der Waals surface area contributed by atoms with E-state index < -0.39 is 88.8 Å². The molecule has 2 aliphatic rings. The van der Waals surface area contributed by atoms with Gasteiger partial charge in [0.25, 0.3) is 0 Å². The molecule has 3 unspecified atom stereocenters. The molecule has 0 amide bonds. The van der Waals surface area contributed by atoms with E-state index in [1.165, 1.54) is 6.07 Å². The number of aliphatic hydroxyl groups excluding tert-OH is 5. The first kappa shape index (κ1) is 28.2. The fourth-order valence-electron chi connectivity index (χ4n) is 3.60. The molecule has 0 bridgehead atoms. The van der Waals surface area contributed by atoms with E-state index in [4.69, 9.17) is 15.0 Å². The van der Waals surface area contributed by atoms with Gasteiger partial charge in [-0.25, -0.2) is 0 Å². The quantitative estimate of drug-likeness (QED) is 0.109. The summed E-state index contributed by atoms with van der Waals surface area (Å²) >= 11 is 0. The van der Waals surface area contributed by atoms with E-state index in [-0.39, 0.29) is 5.82 Å². The van der Waals surface area contributed by atoms with Crippen LogP contribution in [-0.4, -0.2) is 104 Å². The normalized spacial score (nSPS) is 34.8. The van der Waals surface area contributed by atoms with Crippen LogP contribution in [0, 0.1) is 0 Å². The Morgan fingerprint density at radius 2 is 1.86 bits per heavy atom. The first-order valence-corrected chi connectivity index (χ1v) is 13.5. The molecule has 0 aromatic carbocycles. The number of nitrogen functional groups attached to an aromatic ring is 1. The van der Waals surface area contributed by atoms with Gasteiger partial charge in [0, 0.05) is 0 Å². The van der Waals surface area contributed by atoms with Crippen LogP contribution in [-0.2, 0) is 18.3 Å². The van der Waals surface area contributed by atoms with Crippen LogP contribution in [0.1, 0.15) is 12.6 Å². The van der Waals surface area contributed by atoms with E-state index in [1.54, 1.807) is 0 Å². The Morgan fingerprint density at radius 3 is 2.43 bits per heavy atom. The van der Waals surface area contributed by atoms with Gasteiger partial charge in [-0.1, -0.05) is 0 Å². The summed E-state index contributed by atoms with van der Waals surface area (Å²) < 4.78 is 28.0. The molecule has 2 heterocycles. The number of anilines is 1. The van der Waals surface area contributed by atoms with Crippen molar-refractivity contribution in [2.75, 3.05) is 12.3 Å². The van der Waals surface area contributed by atoms with Crippen molar-refractivity contribution in [3.8, 4) is 0 Å². The van der Waals surface area contributed by atoms with E-state index in [1.807, 2.05) is 0 Å². The second-order valence-corrected chi connectivity index (χ2v) is 11.3. The molecule has 35 heavy (non-hydrogen) atoms. The molecule has 0 saturated carbocycles. The van der Waals surface area contributed by atoms with Gasteiger partial charge in [-0.2, -0.15) is 0 Å². The molecular weight excluding hydrogens is 520 g/mol. The molecule has 1 saturated heterocycles. The van der Waals surface area contributed by atoms with Crippen LogP contribution >= 0.6 is 15.8 Å². The summed E-state index contributed by atoms with van der Waals surface area (Å²) in [6.07, 6.45) is -9.88. The van der Waals surface area contributed by atoms with Crippen LogP contribution in [0.2, 0.25) is 0 Å². The number of aliphatic hydroxyl groups is 5. The predicted octanol–water partition coefficient (Wildman–Crippen LogP) is -4.21. The van der Waals surface area contributed by atoms with E-state index in [2.05, 4.69) is 9.51 Å². The summed E-state index contributed by atoms with van der Waals surface area (Å²) in [5.41, 5.74) is 4.09. The zero-order valence-electron chi connectivity index (χ0n) is 17.8. The maximum atomic E-state index is 12.4. The minimum atomic E-state index is -5.40. The number of phosphoric ester groups is 1. The number of hydrogen-bond donors (Lipinski definition) is 10. The van der Waals surface area contributed by atoms with Crippen molar-refractivity contribution in [1.82, 2.24) is 9.55 Å². The molecule has 3 rings (SSSR count). The first-order chi connectivity index (χ1) is 16.1. The van der Waals surface area contributed by atoms with E-state index in [9.17, 15) is 54.5 Å². The SMILES string of the molecule is Nc1ccn([C@@H]2O[C@H](COP(=O)(O)O[C@H](C3=CC(O)[C@H](O)[C@@H](O)C3)[PH](O)(O)O)C(O)[C@@H]2O)c(=O)n1. The summed E-state index contributed by atoms with van der Waals surface area (Å²) in [5.74, 6) is -2.40. The Bertz CT molecular complexity index is 1050. The standard InChI is InChI=1S/C16H27N3O14P2/c17-10-1-2-19(16(25)18-10)14-13(24)12(23)9(32-14)5-31-35(29,30)33-15(34(26,27)28)6-3-7(20)11(22)8(21)4-6/h1-3,7-9,11-15,20-24,26-28,34H,4-5H2,(H,29,30)(H2,17,18,25)/t7?,8-,9+,11-,12?,13-,14+,15-/m0/s1. The molecule has 200 valence electrons. The van der Waals surface area contributed by atoms with E-state index in [0.717, 1.165) is 16.8 Å². The molecule has 1 aromatic heterocycles. The summed E-state index contributed by atoms with van der Waals surface area (Å²) in [5, 5.41) is 49.5. The van der Waals surface area contributed by atoms with Crippen LogP contribution in [0.15, 0.2) is 28.7 Å². The molecule has 19 heteroatoms. The van der Waals surface area contributed by atoms with Crippen LogP contribution in [0.4, 0.5) is 5.82 Å². The molecule has 0 radical (unpaired) electrons. The molecule has 1 aliphatic heterocycles. The summed E-state index contributed by atoms with van der Waals surface area (Å²) in [4.78, 5) is 54.6. The van der Waals surface area contributed by atoms with Crippen molar-refractivity contribution in [2.45, 2.75) is 55.1 Å². The number of ether oxygens (including phenoxy) is 1. The Balaban J connectivity index is 1.71. The number of aromatic nitrogens is 2. The molecule has 9 atom stereocenters. The summed E-state index contributed by atoms with van der Waals surface area (Å²) in [7, 11) is -10.7. The molecule has 11 N–H and O–H groups in total. The van der Waals surface area contributed by atoms with Crippen molar-refractivity contribution in [1.29, 1.82) is 0 Å².